The smallest absolute Gasteiger partial charge is 0.106 e. The molecule has 0 amide bonds. The second kappa shape index (κ2) is 5.11. The van der Waals surface area contributed by atoms with E-state index in [0.717, 1.165) is 29.2 Å². The number of hydrogen-bond donors (Lipinski definition) is 1. The molecule has 2 aromatic carbocycles. The molecule has 19 heavy (non-hydrogen) atoms. The summed E-state index contributed by atoms with van der Waals surface area (Å²) in [5, 5.41) is 0. The third-order valence-corrected chi connectivity index (χ3v) is 3.20. The van der Waals surface area contributed by atoms with E-state index >= 15 is 0 Å². The van der Waals surface area contributed by atoms with Gasteiger partial charge < -0.3 is 4.98 Å². The van der Waals surface area contributed by atoms with Crippen LogP contribution in [0.2, 0.25) is 0 Å². The van der Waals surface area contributed by atoms with Gasteiger partial charge in [-0.3, -0.25) is 0 Å². The summed E-state index contributed by atoms with van der Waals surface area (Å²) in [6, 6.07) is 20.7. The van der Waals surface area contributed by atoms with Gasteiger partial charge in [0.1, 0.15) is 5.82 Å². The summed E-state index contributed by atoms with van der Waals surface area (Å²) in [5.41, 5.74) is 4.46. The normalized spacial score (nSPS) is 10.6. The van der Waals surface area contributed by atoms with Crippen LogP contribution in [-0.4, -0.2) is 9.97 Å². The summed E-state index contributed by atoms with van der Waals surface area (Å²) in [6.07, 6.45) is 0.909. The van der Waals surface area contributed by atoms with Gasteiger partial charge in [-0.2, -0.15) is 0 Å². The number of nitrogens with zero attached hydrogens (tertiary/aromatic N) is 1. The molecule has 0 bridgehead atoms. The van der Waals surface area contributed by atoms with Gasteiger partial charge in [-0.15, -0.1) is 0 Å². The minimum absolute atomic E-state index is 0.909. The molecule has 0 unspecified atom stereocenters. The molecular formula is C17H16N2. The van der Waals surface area contributed by atoms with E-state index in [1.54, 1.807) is 0 Å². The van der Waals surface area contributed by atoms with Gasteiger partial charge in [0.2, 0.25) is 0 Å². The molecule has 0 saturated heterocycles. The highest BCUT2D eigenvalue weighted by Gasteiger charge is 2.12. The van der Waals surface area contributed by atoms with Crippen LogP contribution in [0.5, 0.6) is 0 Å². The Morgan fingerprint density at radius 1 is 0.842 bits per heavy atom. The first kappa shape index (κ1) is 11.7. The minimum atomic E-state index is 0.909. The Labute approximate surface area is 113 Å². The Hall–Kier alpha value is -2.35. The molecule has 0 aliphatic carbocycles. The maximum atomic E-state index is 4.72. The molecule has 1 N–H and O–H groups in total. The van der Waals surface area contributed by atoms with Gasteiger partial charge in [0.25, 0.3) is 0 Å². The van der Waals surface area contributed by atoms with Crippen molar-refractivity contribution in [2.75, 3.05) is 0 Å². The maximum Gasteiger partial charge on any atom is 0.106 e. The number of hydrogen-bond acceptors (Lipinski definition) is 1. The number of nitrogens with one attached hydrogen (secondary N) is 1. The zero-order chi connectivity index (χ0) is 13.1. The lowest BCUT2D eigenvalue weighted by Crippen LogP contribution is -1.82. The van der Waals surface area contributed by atoms with Crippen LogP contribution in [0.25, 0.3) is 22.5 Å². The first-order valence-corrected chi connectivity index (χ1v) is 6.58. The van der Waals surface area contributed by atoms with Crippen LogP contribution >= 0.6 is 0 Å². The van der Waals surface area contributed by atoms with Gasteiger partial charge in [0, 0.05) is 17.5 Å². The molecule has 2 nitrogen and oxygen atoms in total. The van der Waals surface area contributed by atoms with Gasteiger partial charge in [0.05, 0.1) is 11.4 Å². The lowest BCUT2D eigenvalue weighted by molar-refractivity contribution is 0.992. The minimum Gasteiger partial charge on any atom is -0.341 e. The zero-order valence-corrected chi connectivity index (χ0v) is 10.9. The molecule has 94 valence electrons. The van der Waals surface area contributed by atoms with E-state index in [1.807, 2.05) is 24.3 Å². The van der Waals surface area contributed by atoms with E-state index in [4.69, 9.17) is 4.98 Å². The quantitative estimate of drug-likeness (QED) is 0.735. The molecule has 0 radical (unpaired) electrons. The number of aromatic nitrogens is 2. The van der Waals surface area contributed by atoms with Crippen molar-refractivity contribution in [3.8, 4) is 22.5 Å². The van der Waals surface area contributed by atoms with Crippen LogP contribution in [0.4, 0.5) is 0 Å². The summed E-state index contributed by atoms with van der Waals surface area (Å²) in [4.78, 5) is 8.15. The molecule has 0 aliphatic heterocycles. The van der Waals surface area contributed by atoms with Gasteiger partial charge in [-0.1, -0.05) is 67.6 Å². The zero-order valence-electron chi connectivity index (χ0n) is 10.9. The largest absolute Gasteiger partial charge is 0.341 e. The van der Waals surface area contributed by atoms with Crippen LogP contribution in [-0.2, 0) is 6.42 Å². The predicted octanol–water partition coefficient (Wildman–Crippen LogP) is 4.31. The van der Waals surface area contributed by atoms with E-state index in [1.165, 1.54) is 5.56 Å². The maximum absolute atomic E-state index is 4.72. The second-order valence-electron chi connectivity index (χ2n) is 4.49. The average Bonchev–Trinajstić information content (AvgIpc) is 2.93. The highest BCUT2D eigenvalue weighted by molar-refractivity contribution is 5.78. The van der Waals surface area contributed by atoms with Gasteiger partial charge in [-0.05, 0) is 0 Å². The fraction of sp³-hybridized carbons (Fsp3) is 0.118. The van der Waals surface area contributed by atoms with Crippen molar-refractivity contribution < 1.29 is 0 Å². The summed E-state index contributed by atoms with van der Waals surface area (Å²) >= 11 is 0. The SMILES string of the molecule is CCc1nc(-c2ccccc2)c(-c2ccccc2)[nH]1. The first-order chi connectivity index (χ1) is 9.38. The summed E-state index contributed by atoms with van der Waals surface area (Å²) in [7, 11) is 0. The highest BCUT2D eigenvalue weighted by Crippen LogP contribution is 2.29. The van der Waals surface area contributed by atoms with Crippen molar-refractivity contribution in [1.29, 1.82) is 0 Å². The van der Waals surface area contributed by atoms with E-state index in [9.17, 15) is 0 Å². The third kappa shape index (κ3) is 2.29. The number of benzene rings is 2. The van der Waals surface area contributed by atoms with Crippen molar-refractivity contribution in [2.45, 2.75) is 13.3 Å². The highest BCUT2D eigenvalue weighted by atomic mass is 14.9. The van der Waals surface area contributed by atoms with Gasteiger partial charge in [-0.25, -0.2) is 4.98 Å². The number of aryl methyl sites for hydroxylation is 1. The van der Waals surface area contributed by atoms with E-state index in [0.29, 0.717) is 0 Å². The van der Waals surface area contributed by atoms with E-state index in [2.05, 4.69) is 48.3 Å². The molecule has 2 heteroatoms. The second-order valence-corrected chi connectivity index (χ2v) is 4.49. The van der Waals surface area contributed by atoms with Crippen LogP contribution in [0, 0.1) is 0 Å². The third-order valence-electron chi connectivity index (χ3n) is 3.20. The number of H-pyrrole nitrogens is 1. The lowest BCUT2D eigenvalue weighted by atomic mass is 10.1. The standard InChI is InChI=1S/C17H16N2/c1-2-15-18-16(13-9-5-3-6-10-13)17(19-15)14-11-7-4-8-12-14/h3-12H,2H2,1H3,(H,18,19). The Kier molecular flexibility index (Phi) is 3.15. The Morgan fingerprint density at radius 2 is 1.42 bits per heavy atom. The molecule has 1 aromatic heterocycles. The summed E-state index contributed by atoms with van der Waals surface area (Å²) < 4.78 is 0. The molecule has 0 spiro atoms. The Morgan fingerprint density at radius 3 is 2.00 bits per heavy atom. The van der Waals surface area contributed by atoms with Crippen LogP contribution in [0.15, 0.2) is 60.7 Å². The van der Waals surface area contributed by atoms with Crippen LogP contribution in [0.3, 0.4) is 0 Å². The van der Waals surface area contributed by atoms with Crippen molar-refractivity contribution in [1.82, 2.24) is 9.97 Å². The molecule has 1 heterocycles. The molecule has 0 fully saturated rings. The summed E-state index contributed by atoms with van der Waals surface area (Å²) in [5.74, 6) is 1.03. The average molecular weight is 248 g/mol. The summed E-state index contributed by atoms with van der Waals surface area (Å²) in [6.45, 7) is 2.11. The van der Waals surface area contributed by atoms with Crippen LogP contribution < -0.4 is 0 Å². The van der Waals surface area contributed by atoms with Gasteiger partial charge >= 0.3 is 0 Å². The van der Waals surface area contributed by atoms with Crippen molar-refractivity contribution >= 4 is 0 Å². The molecule has 0 saturated carbocycles. The van der Waals surface area contributed by atoms with Crippen molar-refractivity contribution in [3.05, 3.63) is 66.5 Å². The van der Waals surface area contributed by atoms with E-state index in [-0.39, 0.29) is 0 Å². The van der Waals surface area contributed by atoms with Gasteiger partial charge in [0.15, 0.2) is 0 Å². The fourth-order valence-electron chi connectivity index (χ4n) is 2.21. The topological polar surface area (TPSA) is 28.7 Å². The molecule has 0 aliphatic rings. The molecular weight excluding hydrogens is 232 g/mol. The fourth-order valence-corrected chi connectivity index (χ4v) is 2.21. The van der Waals surface area contributed by atoms with Crippen LogP contribution in [0.1, 0.15) is 12.7 Å². The van der Waals surface area contributed by atoms with Crippen molar-refractivity contribution in [3.63, 3.8) is 0 Å². The molecule has 3 aromatic rings. The Bertz CT molecular complexity index is 597. The first-order valence-electron chi connectivity index (χ1n) is 6.58. The molecule has 3 rings (SSSR count). The van der Waals surface area contributed by atoms with Crippen molar-refractivity contribution in [2.24, 2.45) is 0 Å². The molecule has 0 atom stereocenters. The number of rotatable bonds is 3. The Balaban J connectivity index is 2.17. The number of aromatic amines is 1. The lowest BCUT2D eigenvalue weighted by Gasteiger charge is -2.02. The number of imidazole rings is 1. The van der Waals surface area contributed by atoms with E-state index < -0.39 is 0 Å². The predicted molar refractivity (Wildman–Crippen MR) is 78.8 cm³/mol. The monoisotopic (exact) mass is 248 g/mol.